The molecule has 0 spiro atoms. The summed E-state index contributed by atoms with van der Waals surface area (Å²) in [7, 11) is 0. The summed E-state index contributed by atoms with van der Waals surface area (Å²) < 4.78 is 11.2. The van der Waals surface area contributed by atoms with Crippen LogP contribution in [0.3, 0.4) is 0 Å². The molecule has 0 amide bonds. The predicted molar refractivity (Wildman–Crippen MR) is 187 cm³/mol. The molecule has 0 unspecified atom stereocenters. The molecule has 8 aromatic rings. The van der Waals surface area contributed by atoms with Crippen LogP contribution in [0.5, 0.6) is 0 Å². The van der Waals surface area contributed by atoms with E-state index in [0.29, 0.717) is 0 Å². The number of hydrogen-bond acceptors (Lipinski definition) is 4. The summed E-state index contributed by atoms with van der Waals surface area (Å²) in [6.45, 7) is 14.1. The average molecular weight is 591 g/mol. The smallest absolute Gasteiger partial charge is 0.0534 e. The molecule has 0 radical (unpaired) electrons. The Bertz CT molecular complexity index is 2020. The lowest BCUT2D eigenvalue weighted by molar-refractivity contribution is 0.591. The number of fused-ring (bicyclic) bond motifs is 8. The molecule has 198 valence electrons. The van der Waals surface area contributed by atoms with E-state index in [0.717, 1.165) is 0 Å². The van der Waals surface area contributed by atoms with Gasteiger partial charge in [-0.3, -0.25) is 0 Å². The molecule has 0 N–H and O–H groups in total. The summed E-state index contributed by atoms with van der Waals surface area (Å²) in [5.74, 6) is 0. The second kappa shape index (κ2) is 8.39. The molecule has 0 fully saturated rings. The van der Waals surface area contributed by atoms with Crippen molar-refractivity contribution in [3.8, 4) is 0 Å². The average Bonchev–Trinajstić information content (AvgIpc) is 2.93. The Hall–Kier alpha value is -2.76. The molecule has 0 saturated heterocycles. The third kappa shape index (κ3) is 3.59. The first-order valence-corrected chi connectivity index (χ1v) is 17.1. The van der Waals surface area contributed by atoms with Gasteiger partial charge in [0, 0.05) is 51.1 Å². The van der Waals surface area contributed by atoms with E-state index in [1.54, 1.807) is 0 Å². The molecule has 6 aromatic carbocycles. The molecule has 0 saturated carbocycles. The van der Waals surface area contributed by atoms with Gasteiger partial charge in [0.15, 0.2) is 0 Å². The summed E-state index contributed by atoms with van der Waals surface area (Å²) in [5.41, 5.74) is 2.93. The SMILES string of the molecule is CC(C)(C)c1cc2c3sc4ccccc4sc3c3cc(C(C)(C)C)cc4c5sc6ccccc6sc5c(c1)c2c34. The second-order valence-electron chi connectivity index (χ2n) is 13.0. The minimum Gasteiger partial charge on any atom is -0.133 e. The van der Waals surface area contributed by atoms with Gasteiger partial charge in [-0.25, -0.2) is 0 Å². The van der Waals surface area contributed by atoms with Crippen LogP contribution in [0, 0.1) is 0 Å². The van der Waals surface area contributed by atoms with Crippen LogP contribution < -0.4 is 0 Å². The lowest BCUT2D eigenvalue weighted by Gasteiger charge is -2.25. The van der Waals surface area contributed by atoms with Crippen molar-refractivity contribution in [1.29, 1.82) is 0 Å². The van der Waals surface area contributed by atoms with Gasteiger partial charge in [-0.1, -0.05) is 65.8 Å². The van der Waals surface area contributed by atoms with E-state index in [-0.39, 0.29) is 10.8 Å². The molecule has 40 heavy (non-hydrogen) atoms. The monoisotopic (exact) mass is 590 g/mol. The van der Waals surface area contributed by atoms with E-state index in [4.69, 9.17) is 0 Å². The molecule has 4 heteroatoms. The van der Waals surface area contributed by atoms with Gasteiger partial charge in [-0.2, -0.15) is 0 Å². The Labute approximate surface area is 250 Å². The number of hydrogen-bond donors (Lipinski definition) is 0. The lowest BCUT2D eigenvalue weighted by atomic mass is 9.81. The predicted octanol–water partition coefficient (Wildman–Crippen LogP) is 13.2. The van der Waals surface area contributed by atoms with Crippen LogP contribution in [0.1, 0.15) is 52.7 Å². The Balaban J connectivity index is 1.76. The van der Waals surface area contributed by atoms with Crippen LogP contribution in [-0.2, 0) is 10.8 Å². The van der Waals surface area contributed by atoms with Crippen molar-refractivity contribution in [2.45, 2.75) is 52.4 Å². The van der Waals surface area contributed by atoms with Gasteiger partial charge in [0.05, 0.1) is 18.8 Å². The van der Waals surface area contributed by atoms with E-state index < -0.39 is 0 Å². The third-order valence-electron chi connectivity index (χ3n) is 8.20. The topological polar surface area (TPSA) is 0 Å². The van der Waals surface area contributed by atoms with E-state index in [1.807, 2.05) is 45.3 Å². The largest absolute Gasteiger partial charge is 0.133 e. The summed E-state index contributed by atoms with van der Waals surface area (Å²) >= 11 is 7.87. The van der Waals surface area contributed by atoms with Crippen LogP contribution >= 0.6 is 45.3 Å². The fraction of sp³-hybridized carbons (Fsp3) is 0.222. The highest BCUT2D eigenvalue weighted by Gasteiger charge is 2.25. The Morgan fingerprint density at radius 1 is 0.400 bits per heavy atom. The van der Waals surface area contributed by atoms with Crippen molar-refractivity contribution in [3.05, 3.63) is 83.9 Å². The van der Waals surface area contributed by atoms with Crippen molar-refractivity contribution < 1.29 is 0 Å². The molecule has 2 aromatic heterocycles. The maximum Gasteiger partial charge on any atom is 0.0534 e. The zero-order valence-electron chi connectivity index (χ0n) is 23.6. The molecule has 0 aliphatic heterocycles. The van der Waals surface area contributed by atoms with Crippen molar-refractivity contribution in [3.63, 3.8) is 0 Å². The maximum absolute atomic E-state index is 2.51. The maximum atomic E-state index is 2.51. The van der Waals surface area contributed by atoms with E-state index in [1.165, 1.54) is 81.0 Å². The molecule has 0 nitrogen and oxygen atoms in total. The van der Waals surface area contributed by atoms with E-state index in [9.17, 15) is 0 Å². The molecule has 0 aliphatic rings. The van der Waals surface area contributed by atoms with Crippen LogP contribution in [0.25, 0.3) is 69.9 Å². The Morgan fingerprint density at radius 2 is 0.650 bits per heavy atom. The highest BCUT2D eigenvalue weighted by atomic mass is 32.1. The first-order chi connectivity index (χ1) is 19.1. The van der Waals surface area contributed by atoms with E-state index >= 15 is 0 Å². The van der Waals surface area contributed by atoms with E-state index in [2.05, 4.69) is 114 Å². The summed E-state index contributed by atoms with van der Waals surface area (Å²) in [5, 5.41) is 8.54. The van der Waals surface area contributed by atoms with Crippen LogP contribution in [-0.4, -0.2) is 0 Å². The fourth-order valence-corrected chi connectivity index (χ4v) is 11.0. The van der Waals surface area contributed by atoms with Crippen molar-refractivity contribution >= 4 is 115 Å². The molecule has 0 atom stereocenters. The Morgan fingerprint density at radius 3 is 0.875 bits per heavy atom. The molecule has 8 rings (SSSR count). The summed E-state index contributed by atoms with van der Waals surface area (Å²) in [4.78, 5) is 0. The van der Waals surface area contributed by atoms with Gasteiger partial charge in [-0.05, 0) is 70.5 Å². The first-order valence-electron chi connectivity index (χ1n) is 13.8. The zero-order valence-corrected chi connectivity index (χ0v) is 26.8. The molecule has 2 heterocycles. The Kier molecular flexibility index (Phi) is 5.24. The van der Waals surface area contributed by atoms with Gasteiger partial charge in [0.1, 0.15) is 0 Å². The highest BCUT2D eigenvalue weighted by molar-refractivity contribution is 7.38. The minimum absolute atomic E-state index is 0.0540. The number of benzene rings is 6. The summed E-state index contributed by atoms with van der Waals surface area (Å²) in [6.07, 6.45) is 0. The summed E-state index contributed by atoms with van der Waals surface area (Å²) in [6, 6.07) is 27.9. The molecular weight excluding hydrogens is 561 g/mol. The molecule has 0 bridgehead atoms. The van der Waals surface area contributed by atoms with Gasteiger partial charge in [-0.15, -0.1) is 45.3 Å². The van der Waals surface area contributed by atoms with Crippen LogP contribution in [0.4, 0.5) is 0 Å². The molecule has 0 aliphatic carbocycles. The lowest BCUT2D eigenvalue weighted by Crippen LogP contribution is -2.12. The normalized spacial score (nSPS) is 13.2. The van der Waals surface area contributed by atoms with Crippen LogP contribution in [0.15, 0.2) is 72.8 Å². The van der Waals surface area contributed by atoms with Crippen LogP contribution in [0.2, 0.25) is 0 Å². The van der Waals surface area contributed by atoms with Gasteiger partial charge >= 0.3 is 0 Å². The van der Waals surface area contributed by atoms with Crippen molar-refractivity contribution in [1.82, 2.24) is 0 Å². The van der Waals surface area contributed by atoms with Gasteiger partial charge in [0.2, 0.25) is 0 Å². The van der Waals surface area contributed by atoms with Crippen molar-refractivity contribution in [2.75, 3.05) is 0 Å². The standard InChI is InChI=1S/C36H30S4/c1-35(2,3)19-15-21-29-22(16-19)32-34(40-28-14-10-8-12-26(28)38-32)24-18-20(36(4,5)6)17-23(30(24)29)33-31(21)37-25-11-7-9-13-27(25)39-33/h7-18H,1-6H3. The minimum atomic E-state index is 0.0540. The number of rotatable bonds is 0. The quantitative estimate of drug-likeness (QED) is 0.122. The molecular formula is C36H30S4. The van der Waals surface area contributed by atoms with Gasteiger partial charge in [0.25, 0.3) is 0 Å². The highest BCUT2D eigenvalue weighted by Crippen LogP contribution is 2.52. The van der Waals surface area contributed by atoms with Gasteiger partial charge < -0.3 is 0 Å². The third-order valence-corrected chi connectivity index (χ3v) is 13.5. The zero-order chi connectivity index (χ0) is 27.6. The first kappa shape index (κ1) is 25.0. The van der Waals surface area contributed by atoms with Crippen molar-refractivity contribution in [2.24, 2.45) is 0 Å². The fourth-order valence-electron chi connectivity index (χ4n) is 5.98. The second-order valence-corrected chi connectivity index (χ2v) is 17.2.